The van der Waals surface area contributed by atoms with Crippen LogP contribution in [0.3, 0.4) is 0 Å². The summed E-state index contributed by atoms with van der Waals surface area (Å²) in [4.78, 5) is 16.6. The van der Waals surface area contributed by atoms with Gasteiger partial charge in [-0.25, -0.2) is 13.8 Å². The molecule has 2 heterocycles. The number of aromatic nitrogens is 2. The molecule has 3 rings (SSSR count). The normalized spacial score (nSPS) is 10.9. The number of carbonyl (C=O) groups is 1. The molecule has 0 aliphatic heterocycles. The second-order valence-electron chi connectivity index (χ2n) is 4.89. The molecule has 0 saturated carbocycles. The van der Waals surface area contributed by atoms with Crippen LogP contribution in [-0.2, 0) is 6.54 Å². The summed E-state index contributed by atoms with van der Waals surface area (Å²) in [5.74, 6) is -1.69. The van der Waals surface area contributed by atoms with Gasteiger partial charge in [0.25, 0.3) is 5.91 Å². The van der Waals surface area contributed by atoms with E-state index < -0.39 is 11.6 Å². The first-order valence-electron chi connectivity index (χ1n) is 6.72. The second kappa shape index (κ2) is 5.55. The van der Waals surface area contributed by atoms with E-state index in [9.17, 15) is 13.6 Å². The first-order valence-corrected chi connectivity index (χ1v) is 6.72. The van der Waals surface area contributed by atoms with Crippen LogP contribution >= 0.6 is 0 Å². The summed E-state index contributed by atoms with van der Waals surface area (Å²) in [6.45, 7) is 1.71. The van der Waals surface area contributed by atoms with Crippen LogP contribution in [0.15, 0.2) is 42.6 Å². The molecule has 0 unspecified atom stereocenters. The molecule has 0 saturated heterocycles. The van der Waals surface area contributed by atoms with Crippen molar-refractivity contribution in [2.24, 2.45) is 0 Å². The highest BCUT2D eigenvalue weighted by Crippen LogP contribution is 2.13. The lowest BCUT2D eigenvalue weighted by Gasteiger charge is -2.07. The summed E-state index contributed by atoms with van der Waals surface area (Å²) in [5, 5.41) is 2.63. The van der Waals surface area contributed by atoms with Crippen molar-refractivity contribution in [3.05, 3.63) is 71.2 Å². The van der Waals surface area contributed by atoms with Gasteiger partial charge in [0.05, 0.1) is 5.69 Å². The Balaban J connectivity index is 1.83. The molecule has 6 heteroatoms. The zero-order chi connectivity index (χ0) is 15.7. The van der Waals surface area contributed by atoms with Crippen LogP contribution in [0.2, 0.25) is 0 Å². The Labute approximate surface area is 125 Å². The van der Waals surface area contributed by atoms with Crippen LogP contribution in [-0.4, -0.2) is 15.3 Å². The molecule has 0 aliphatic carbocycles. The number of benzene rings is 1. The molecule has 1 N–H and O–H groups in total. The van der Waals surface area contributed by atoms with Gasteiger partial charge in [0, 0.05) is 24.4 Å². The van der Waals surface area contributed by atoms with Crippen molar-refractivity contribution in [1.29, 1.82) is 0 Å². The number of aryl methyl sites for hydroxylation is 1. The Morgan fingerprint density at radius 3 is 2.86 bits per heavy atom. The highest BCUT2D eigenvalue weighted by atomic mass is 19.1. The average Bonchev–Trinajstić information content (AvgIpc) is 2.82. The predicted molar refractivity (Wildman–Crippen MR) is 77.5 cm³/mol. The Kier molecular flexibility index (Phi) is 3.58. The summed E-state index contributed by atoms with van der Waals surface area (Å²) >= 11 is 0. The minimum absolute atomic E-state index is 0.0234. The van der Waals surface area contributed by atoms with Crippen molar-refractivity contribution in [2.75, 3.05) is 0 Å². The van der Waals surface area contributed by atoms with Crippen molar-refractivity contribution in [2.45, 2.75) is 13.5 Å². The SMILES string of the molecule is Cc1nc2ccccn2c1C(=O)NCc1ccc(F)cc1F. The van der Waals surface area contributed by atoms with Gasteiger partial charge in [0.1, 0.15) is 23.0 Å². The van der Waals surface area contributed by atoms with E-state index in [-0.39, 0.29) is 18.0 Å². The molecular formula is C16H13F2N3O. The Morgan fingerprint density at radius 1 is 1.27 bits per heavy atom. The third-order valence-corrected chi connectivity index (χ3v) is 3.37. The number of nitrogens with one attached hydrogen (secondary N) is 1. The van der Waals surface area contributed by atoms with Gasteiger partial charge in [0.2, 0.25) is 0 Å². The summed E-state index contributed by atoms with van der Waals surface area (Å²) in [7, 11) is 0. The van der Waals surface area contributed by atoms with Crippen LogP contribution in [0.5, 0.6) is 0 Å². The first-order chi connectivity index (χ1) is 10.6. The van der Waals surface area contributed by atoms with Gasteiger partial charge in [0.15, 0.2) is 0 Å². The number of hydrogen-bond donors (Lipinski definition) is 1. The topological polar surface area (TPSA) is 46.4 Å². The zero-order valence-corrected chi connectivity index (χ0v) is 11.8. The number of fused-ring (bicyclic) bond motifs is 1. The maximum atomic E-state index is 13.6. The van der Waals surface area contributed by atoms with Gasteiger partial charge in [-0.2, -0.15) is 0 Å². The lowest BCUT2D eigenvalue weighted by molar-refractivity contribution is 0.0944. The smallest absolute Gasteiger partial charge is 0.270 e. The van der Waals surface area contributed by atoms with E-state index >= 15 is 0 Å². The maximum Gasteiger partial charge on any atom is 0.270 e. The molecule has 2 aromatic heterocycles. The van der Waals surface area contributed by atoms with Gasteiger partial charge in [-0.05, 0) is 25.1 Å². The van der Waals surface area contributed by atoms with E-state index in [1.807, 2.05) is 6.07 Å². The standard InChI is InChI=1S/C16H13F2N3O/c1-10-15(21-7-3-2-4-14(21)20-10)16(22)19-9-11-5-6-12(17)8-13(11)18/h2-8H,9H2,1H3,(H,19,22). The van der Waals surface area contributed by atoms with Crippen molar-refractivity contribution < 1.29 is 13.6 Å². The van der Waals surface area contributed by atoms with Crippen molar-refractivity contribution in [3.8, 4) is 0 Å². The highest BCUT2D eigenvalue weighted by molar-refractivity contribution is 5.94. The van der Waals surface area contributed by atoms with Gasteiger partial charge in [-0.15, -0.1) is 0 Å². The van der Waals surface area contributed by atoms with Crippen LogP contribution in [0.4, 0.5) is 8.78 Å². The van der Waals surface area contributed by atoms with E-state index in [1.54, 1.807) is 29.7 Å². The third kappa shape index (κ3) is 2.55. The summed E-state index contributed by atoms with van der Waals surface area (Å²) in [6.07, 6.45) is 1.74. The molecule has 112 valence electrons. The minimum atomic E-state index is -0.685. The van der Waals surface area contributed by atoms with Crippen LogP contribution in [0, 0.1) is 18.6 Å². The van der Waals surface area contributed by atoms with Crippen LogP contribution in [0.1, 0.15) is 21.7 Å². The van der Waals surface area contributed by atoms with E-state index in [1.165, 1.54) is 6.07 Å². The minimum Gasteiger partial charge on any atom is -0.347 e. The average molecular weight is 301 g/mol. The largest absolute Gasteiger partial charge is 0.347 e. The van der Waals surface area contributed by atoms with Crippen molar-refractivity contribution in [1.82, 2.24) is 14.7 Å². The van der Waals surface area contributed by atoms with E-state index in [4.69, 9.17) is 0 Å². The Bertz CT molecular complexity index is 858. The summed E-state index contributed by atoms with van der Waals surface area (Å²) in [6, 6.07) is 8.68. The number of imidazole rings is 1. The first kappa shape index (κ1) is 14.2. The zero-order valence-electron chi connectivity index (χ0n) is 11.8. The number of pyridine rings is 1. The lowest BCUT2D eigenvalue weighted by Crippen LogP contribution is -2.25. The molecule has 0 atom stereocenters. The van der Waals surface area contributed by atoms with E-state index in [0.717, 1.165) is 12.1 Å². The molecular weight excluding hydrogens is 288 g/mol. The van der Waals surface area contributed by atoms with Gasteiger partial charge < -0.3 is 5.32 Å². The third-order valence-electron chi connectivity index (χ3n) is 3.37. The van der Waals surface area contributed by atoms with Crippen molar-refractivity contribution in [3.63, 3.8) is 0 Å². The number of halogens is 2. The number of nitrogens with zero attached hydrogens (tertiary/aromatic N) is 2. The van der Waals surface area contributed by atoms with Gasteiger partial charge >= 0.3 is 0 Å². The Hall–Kier alpha value is -2.76. The number of rotatable bonds is 3. The highest BCUT2D eigenvalue weighted by Gasteiger charge is 2.16. The fourth-order valence-corrected chi connectivity index (χ4v) is 2.31. The molecule has 0 bridgehead atoms. The molecule has 22 heavy (non-hydrogen) atoms. The molecule has 1 amide bonds. The van der Waals surface area contributed by atoms with Crippen LogP contribution in [0.25, 0.3) is 5.65 Å². The van der Waals surface area contributed by atoms with Crippen LogP contribution < -0.4 is 5.32 Å². The van der Waals surface area contributed by atoms with Crippen molar-refractivity contribution >= 4 is 11.6 Å². The molecule has 0 spiro atoms. The van der Waals surface area contributed by atoms with Gasteiger partial charge in [-0.1, -0.05) is 12.1 Å². The molecule has 4 nitrogen and oxygen atoms in total. The number of hydrogen-bond acceptors (Lipinski definition) is 2. The number of amides is 1. The van der Waals surface area contributed by atoms with E-state index in [0.29, 0.717) is 17.0 Å². The summed E-state index contributed by atoms with van der Waals surface area (Å²) in [5.41, 5.74) is 1.88. The predicted octanol–water partition coefficient (Wildman–Crippen LogP) is 2.85. The Morgan fingerprint density at radius 2 is 2.09 bits per heavy atom. The van der Waals surface area contributed by atoms with Gasteiger partial charge in [-0.3, -0.25) is 9.20 Å². The maximum absolute atomic E-state index is 13.6. The quantitative estimate of drug-likeness (QED) is 0.808. The van der Waals surface area contributed by atoms with E-state index in [2.05, 4.69) is 10.3 Å². The fraction of sp³-hybridized carbons (Fsp3) is 0.125. The molecule has 1 aromatic carbocycles. The summed E-state index contributed by atoms with van der Waals surface area (Å²) < 4.78 is 28.1. The monoisotopic (exact) mass is 301 g/mol. The molecule has 0 radical (unpaired) electrons. The number of carbonyl (C=O) groups excluding carboxylic acids is 1. The molecule has 0 aliphatic rings. The lowest BCUT2D eigenvalue weighted by atomic mass is 10.2. The second-order valence-corrected chi connectivity index (χ2v) is 4.89. The molecule has 0 fully saturated rings. The molecule has 3 aromatic rings. The fourth-order valence-electron chi connectivity index (χ4n) is 2.31.